The first-order valence-corrected chi connectivity index (χ1v) is 11.1. The van der Waals surface area contributed by atoms with Crippen molar-refractivity contribution in [3.05, 3.63) is 41.5 Å². The average molecular weight is 377 g/mol. The molecule has 3 rings (SSSR count). The molecular formula is C20H28N2O3S. The average Bonchev–Trinajstić information content (AvgIpc) is 3.15. The Bertz CT molecular complexity index is 748. The second-order valence-corrected chi connectivity index (χ2v) is 8.96. The maximum Gasteiger partial charge on any atom is 0.251 e. The highest BCUT2D eigenvalue weighted by molar-refractivity contribution is 7.89. The fraction of sp³-hybridized carbons (Fsp3) is 0.550. The minimum absolute atomic E-state index is 0.0390. The van der Waals surface area contributed by atoms with Crippen molar-refractivity contribution in [3.8, 4) is 0 Å². The summed E-state index contributed by atoms with van der Waals surface area (Å²) in [5, 5.41) is 2.92. The van der Waals surface area contributed by atoms with E-state index in [-0.39, 0.29) is 16.8 Å². The molecule has 1 amide bonds. The molecule has 0 aromatic heterocycles. The number of rotatable bonds is 7. The van der Waals surface area contributed by atoms with Gasteiger partial charge in [0.2, 0.25) is 10.0 Å². The normalized spacial score (nSPS) is 18.5. The zero-order valence-electron chi connectivity index (χ0n) is 15.2. The largest absolute Gasteiger partial charge is 0.352 e. The molecule has 0 aliphatic heterocycles. The predicted molar refractivity (Wildman–Crippen MR) is 103 cm³/mol. The number of hydrogen-bond donors (Lipinski definition) is 2. The molecule has 2 N–H and O–H groups in total. The summed E-state index contributed by atoms with van der Waals surface area (Å²) in [5.41, 5.74) is 1.92. The summed E-state index contributed by atoms with van der Waals surface area (Å²) in [7, 11) is -3.51. The first kappa shape index (κ1) is 19.1. The van der Waals surface area contributed by atoms with Gasteiger partial charge in [0.15, 0.2) is 0 Å². The molecule has 6 heteroatoms. The van der Waals surface area contributed by atoms with Gasteiger partial charge in [-0.2, -0.15) is 0 Å². The van der Waals surface area contributed by atoms with Crippen molar-refractivity contribution in [1.82, 2.24) is 10.0 Å². The number of sulfonamides is 1. The summed E-state index contributed by atoms with van der Waals surface area (Å²) in [4.78, 5) is 12.4. The third kappa shape index (κ3) is 5.17. The highest BCUT2D eigenvalue weighted by Gasteiger charge is 2.23. The molecule has 1 fully saturated rings. The van der Waals surface area contributed by atoms with Gasteiger partial charge in [-0.25, -0.2) is 13.1 Å². The monoisotopic (exact) mass is 376 g/mol. The first-order chi connectivity index (χ1) is 12.5. The van der Waals surface area contributed by atoms with E-state index in [1.807, 2.05) is 0 Å². The Morgan fingerprint density at radius 2 is 1.77 bits per heavy atom. The molecule has 1 aromatic carbocycles. The van der Waals surface area contributed by atoms with E-state index < -0.39 is 10.0 Å². The zero-order chi connectivity index (χ0) is 18.4. The van der Waals surface area contributed by atoms with Crippen LogP contribution in [0.15, 0.2) is 40.8 Å². The molecule has 26 heavy (non-hydrogen) atoms. The van der Waals surface area contributed by atoms with Crippen molar-refractivity contribution in [2.24, 2.45) is 0 Å². The number of allylic oxidation sites excluding steroid dienone is 1. The van der Waals surface area contributed by atoms with Crippen molar-refractivity contribution in [1.29, 1.82) is 0 Å². The molecule has 2 aliphatic rings. The van der Waals surface area contributed by atoms with Crippen LogP contribution in [0.25, 0.3) is 0 Å². The lowest BCUT2D eigenvalue weighted by molar-refractivity contribution is 0.0954. The lowest BCUT2D eigenvalue weighted by atomic mass is 9.97. The fourth-order valence-corrected chi connectivity index (χ4v) is 4.99. The number of carbonyl (C=O) groups excluding carboxylic acids is 1. The summed E-state index contributed by atoms with van der Waals surface area (Å²) in [5.74, 6) is -0.158. The van der Waals surface area contributed by atoms with Gasteiger partial charge in [0, 0.05) is 18.2 Å². The van der Waals surface area contributed by atoms with Crippen LogP contribution in [-0.4, -0.2) is 26.9 Å². The Hall–Kier alpha value is -1.66. The summed E-state index contributed by atoms with van der Waals surface area (Å²) in [6, 6.07) is 6.22. The Labute approximate surface area is 156 Å². The second-order valence-electron chi connectivity index (χ2n) is 7.24. The quantitative estimate of drug-likeness (QED) is 0.715. The summed E-state index contributed by atoms with van der Waals surface area (Å²) >= 11 is 0. The second kappa shape index (κ2) is 8.82. The maximum atomic E-state index is 12.4. The van der Waals surface area contributed by atoms with Gasteiger partial charge in [-0.05, 0) is 69.2 Å². The first-order valence-electron chi connectivity index (χ1n) is 9.63. The number of benzene rings is 1. The van der Waals surface area contributed by atoms with Gasteiger partial charge in [-0.15, -0.1) is 0 Å². The zero-order valence-corrected chi connectivity index (χ0v) is 16.0. The van der Waals surface area contributed by atoms with Gasteiger partial charge in [-0.1, -0.05) is 24.5 Å². The number of nitrogens with one attached hydrogen (secondary N) is 2. The van der Waals surface area contributed by atoms with Gasteiger partial charge >= 0.3 is 0 Å². The van der Waals surface area contributed by atoms with Crippen molar-refractivity contribution in [2.45, 2.75) is 68.7 Å². The summed E-state index contributed by atoms with van der Waals surface area (Å²) in [6.45, 7) is 0.619. The Kier molecular flexibility index (Phi) is 6.48. The molecule has 0 atom stereocenters. The van der Waals surface area contributed by atoms with Crippen LogP contribution in [0.3, 0.4) is 0 Å². The standard InChI is InChI=1S/C20H28N2O3S/c23-20(21-15-14-16-6-2-1-3-7-16)17-10-12-19(13-11-17)26(24,25)22-18-8-4-5-9-18/h6,10-13,18,22H,1-5,7-9,14-15H2,(H,21,23). The van der Waals surface area contributed by atoms with Gasteiger partial charge < -0.3 is 5.32 Å². The van der Waals surface area contributed by atoms with E-state index in [0.717, 1.165) is 44.9 Å². The van der Waals surface area contributed by atoms with Crippen molar-refractivity contribution in [2.75, 3.05) is 6.54 Å². The van der Waals surface area contributed by atoms with Crippen LogP contribution in [0.1, 0.15) is 68.1 Å². The smallest absolute Gasteiger partial charge is 0.251 e. The molecule has 0 saturated heterocycles. The Morgan fingerprint density at radius 1 is 1.04 bits per heavy atom. The van der Waals surface area contributed by atoms with E-state index >= 15 is 0 Å². The van der Waals surface area contributed by atoms with E-state index in [0.29, 0.717) is 12.1 Å². The minimum Gasteiger partial charge on any atom is -0.352 e. The molecule has 0 spiro atoms. The van der Waals surface area contributed by atoms with Crippen LogP contribution >= 0.6 is 0 Å². The fourth-order valence-electron chi connectivity index (χ4n) is 3.69. The Balaban J connectivity index is 1.52. The van der Waals surface area contributed by atoms with E-state index in [2.05, 4.69) is 16.1 Å². The molecule has 5 nitrogen and oxygen atoms in total. The van der Waals surface area contributed by atoms with Gasteiger partial charge in [0.05, 0.1) is 4.90 Å². The van der Waals surface area contributed by atoms with Gasteiger partial charge in [0.25, 0.3) is 5.91 Å². The lowest BCUT2D eigenvalue weighted by Gasteiger charge is -2.14. The van der Waals surface area contributed by atoms with E-state index in [4.69, 9.17) is 0 Å². The van der Waals surface area contributed by atoms with Crippen LogP contribution in [0, 0.1) is 0 Å². The molecule has 0 radical (unpaired) electrons. The minimum atomic E-state index is -3.51. The van der Waals surface area contributed by atoms with E-state index in [9.17, 15) is 13.2 Å². The lowest BCUT2D eigenvalue weighted by Crippen LogP contribution is -2.32. The highest BCUT2D eigenvalue weighted by Crippen LogP contribution is 2.21. The molecule has 0 heterocycles. The van der Waals surface area contributed by atoms with Gasteiger partial charge in [-0.3, -0.25) is 4.79 Å². The molecule has 0 bridgehead atoms. The predicted octanol–water partition coefficient (Wildman–Crippen LogP) is 3.53. The van der Waals surface area contributed by atoms with Crippen LogP contribution in [0.5, 0.6) is 0 Å². The highest BCUT2D eigenvalue weighted by atomic mass is 32.2. The number of amides is 1. The SMILES string of the molecule is O=C(NCCC1=CCCCC1)c1ccc(S(=O)(=O)NC2CCCC2)cc1. The van der Waals surface area contributed by atoms with Gasteiger partial charge in [0.1, 0.15) is 0 Å². The summed E-state index contributed by atoms with van der Waals surface area (Å²) in [6.07, 6.45) is 11.9. The van der Waals surface area contributed by atoms with Crippen molar-refractivity contribution < 1.29 is 13.2 Å². The molecule has 1 aromatic rings. The molecule has 1 saturated carbocycles. The van der Waals surface area contributed by atoms with Crippen LogP contribution in [0.4, 0.5) is 0 Å². The van der Waals surface area contributed by atoms with Crippen LogP contribution < -0.4 is 10.0 Å². The summed E-state index contributed by atoms with van der Waals surface area (Å²) < 4.78 is 27.6. The molecular weight excluding hydrogens is 348 g/mol. The number of hydrogen-bond acceptors (Lipinski definition) is 3. The van der Waals surface area contributed by atoms with Crippen molar-refractivity contribution in [3.63, 3.8) is 0 Å². The number of carbonyl (C=O) groups is 1. The topological polar surface area (TPSA) is 75.3 Å². The third-order valence-electron chi connectivity index (χ3n) is 5.22. The van der Waals surface area contributed by atoms with Crippen molar-refractivity contribution >= 4 is 15.9 Å². The van der Waals surface area contributed by atoms with E-state index in [1.54, 1.807) is 12.1 Å². The van der Waals surface area contributed by atoms with E-state index in [1.165, 1.54) is 30.5 Å². The molecule has 2 aliphatic carbocycles. The molecule has 0 unspecified atom stereocenters. The Morgan fingerprint density at radius 3 is 2.42 bits per heavy atom. The molecule has 142 valence electrons. The third-order valence-corrected chi connectivity index (χ3v) is 6.76. The van der Waals surface area contributed by atoms with Crippen LogP contribution in [0.2, 0.25) is 0 Å². The van der Waals surface area contributed by atoms with Crippen LogP contribution in [-0.2, 0) is 10.0 Å². The maximum absolute atomic E-state index is 12.4.